The molecule has 1 unspecified atom stereocenters. The highest BCUT2D eigenvalue weighted by Crippen LogP contribution is 2.51. The highest BCUT2D eigenvalue weighted by molar-refractivity contribution is 6.31. The molecule has 1 aliphatic carbocycles. The number of Topliss-reactive ketones (excluding diaryl/α,β-unsaturated/α-hetero) is 1. The van der Waals surface area contributed by atoms with Gasteiger partial charge in [0.05, 0.1) is 36.2 Å². The van der Waals surface area contributed by atoms with Crippen molar-refractivity contribution in [2.24, 2.45) is 11.8 Å². The number of piperidine rings is 1. The van der Waals surface area contributed by atoms with Crippen molar-refractivity contribution < 1.29 is 36.6 Å². The third kappa shape index (κ3) is 4.42. The SMILES string of the molecule is CC[N@@+]1(O)C=C2C3=CC4=CC(Cl)=C(C)OC(CN5CCC(C)CC5)=C4CN3C(=O)C2C2=C1CC(=O)CC2.[Cl-]. The summed E-state index contributed by atoms with van der Waals surface area (Å²) in [5.41, 5.74) is 5.17. The van der Waals surface area contributed by atoms with Gasteiger partial charge in [-0.05, 0) is 69.8 Å². The third-order valence-corrected chi connectivity index (χ3v) is 9.28. The van der Waals surface area contributed by atoms with E-state index in [2.05, 4.69) is 11.8 Å². The summed E-state index contributed by atoms with van der Waals surface area (Å²) in [4.78, 5) is 30.5. The summed E-state index contributed by atoms with van der Waals surface area (Å²) >= 11 is 6.63. The van der Waals surface area contributed by atoms with Crippen LogP contribution in [0, 0.1) is 11.8 Å². The first-order valence-corrected chi connectivity index (χ1v) is 13.9. The minimum atomic E-state index is -0.441. The van der Waals surface area contributed by atoms with E-state index in [1.165, 1.54) is 12.8 Å². The molecule has 6 rings (SSSR count). The predicted octanol–water partition coefficient (Wildman–Crippen LogP) is 1.89. The first-order valence-electron chi connectivity index (χ1n) is 13.5. The Labute approximate surface area is 235 Å². The molecule has 38 heavy (non-hydrogen) atoms. The number of nitrogens with zero attached hydrogens (tertiary/aromatic N) is 3. The van der Waals surface area contributed by atoms with Crippen molar-refractivity contribution in [1.82, 2.24) is 9.80 Å². The van der Waals surface area contributed by atoms with Gasteiger partial charge in [0.1, 0.15) is 30.0 Å². The molecule has 0 aromatic heterocycles. The van der Waals surface area contributed by atoms with Crippen LogP contribution >= 0.6 is 11.6 Å². The monoisotopic (exact) mass is 559 g/mol. The lowest BCUT2D eigenvalue weighted by atomic mass is 9.80. The van der Waals surface area contributed by atoms with E-state index in [1.54, 1.807) is 6.20 Å². The van der Waals surface area contributed by atoms with E-state index in [-0.39, 0.29) is 30.5 Å². The van der Waals surface area contributed by atoms with Gasteiger partial charge in [-0.25, -0.2) is 5.21 Å². The fourth-order valence-corrected chi connectivity index (χ4v) is 6.71. The van der Waals surface area contributed by atoms with Crippen LogP contribution in [-0.2, 0) is 14.3 Å². The van der Waals surface area contributed by atoms with E-state index < -0.39 is 10.6 Å². The van der Waals surface area contributed by atoms with Crippen LogP contribution in [0.15, 0.2) is 68.6 Å². The quantitative estimate of drug-likeness (QED) is 0.535. The normalized spacial score (nSPS) is 30.0. The second-order valence-corrected chi connectivity index (χ2v) is 11.7. The van der Waals surface area contributed by atoms with E-state index in [1.807, 2.05) is 30.9 Å². The van der Waals surface area contributed by atoms with Gasteiger partial charge in [-0.3, -0.25) is 14.5 Å². The number of fused-ring (bicyclic) bond motifs is 5. The van der Waals surface area contributed by atoms with Gasteiger partial charge in [-0.1, -0.05) is 18.5 Å². The first-order chi connectivity index (χ1) is 17.7. The largest absolute Gasteiger partial charge is 1.00 e. The molecule has 2 saturated heterocycles. The summed E-state index contributed by atoms with van der Waals surface area (Å²) in [5, 5.41) is 12.1. The Balaban J connectivity index is 0.00000294. The van der Waals surface area contributed by atoms with E-state index in [9.17, 15) is 14.8 Å². The van der Waals surface area contributed by atoms with Crippen LogP contribution < -0.4 is 12.4 Å². The fraction of sp³-hybridized carbons (Fsp3) is 0.517. The molecule has 2 fully saturated rings. The van der Waals surface area contributed by atoms with Gasteiger partial charge in [-0.15, -0.1) is 4.65 Å². The molecule has 0 aromatic carbocycles. The molecule has 9 heteroatoms. The summed E-state index contributed by atoms with van der Waals surface area (Å²) in [6.45, 7) is 9.62. The molecule has 7 nitrogen and oxygen atoms in total. The number of hydrogen-bond acceptors (Lipinski definition) is 5. The molecule has 5 heterocycles. The van der Waals surface area contributed by atoms with Gasteiger partial charge in [0.25, 0.3) is 0 Å². The number of halogens is 2. The average molecular weight is 561 g/mol. The molecule has 0 bridgehead atoms. The number of ether oxygens (including phenoxy) is 1. The van der Waals surface area contributed by atoms with Crippen LogP contribution in [0.25, 0.3) is 0 Å². The highest BCUT2D eigenvalue weighted by atomic mass is 35.5. The van der Waals surface area contributed by atoms with Crippen molar-refractivity contribution in [3.05, 3.63) is 68.6 Å². The van der Waals surface area contributed by atoms with Gasteiger partial charge >= 0.3 is 0 Å². The molecule has 0 saturated carbocycles. The zero-order valence-electron chi connectivity index (χ0n) is 22.2. The lowest BCUT2D eigenvalue weighted by Gasteiger charge is -2.36. The van der Waals surface area contributed by atoms with E-state index in [0.717, 1.165) is 52.8 Å². The number of likely N-dealkylation sites (tertiary alicyclic amines) is 1. The Bertz CT molecular complexity index is 1280. The van der Waals surface area contributed by atoms with Crippen LogP contribution in [0.5, 0.6) is 0 Å². The van der Waals surface area contributed by atoms with Crippen molar-refractivity contribution in [2.45, 2.75) is 52.9 Å². The van der Waals surface area contributed by atoms with Crippen molar-refractivity contribution in [3.63, 3.8) is 0 Å². The second-order valence-electron chi connectivity index (χ2n) is 11.3. The van der Waals surface area contributed by atoms with Crippen molar-refractivity contribution >= 4 is 23.3 Å². The number of allylic oxidation sites excluding steroid dienone is 6. The average Bonchev–Trinajstić information content (AvgIpc) is 3.08. The van der Waals surface area contributed by atoms with Crippen LogP contribution in [0.4, 0.5) is 0 Å². The number of ketones is 1. The Morgan fingerprint density at radius 2 is 1.92 bits per heavy atom. The molecule has 6 aliphatic rings. The number of rotatable bonds is 3. The minimum Gasteiger partial charge on any atom is -1.00 e. The fourth-order valence-electron chi connectivity index (χ4n) is 6.55. The lowest BCUT2D eigenvalue weighted by Crippen LogP contribution is -3.00. The maximum atomic E-state index is 13.9. The molecule has 0 radical (unpaired) electrons. The van der Waals surface area contributed by atoms with E-state index >= 15 is 0 Å². The van der Waals surface area contributed by atoms with Crippen molar-refractivity contribution in [2.75, 3.05) is 32.7 Å². The number of carbonyl (C=O) groups is 2. The Hall–Kier alpha value is -2.16. The summed E-state index contributed by atoms with van der Waals surface area (Å²) < 4.78 is 5.93. The smallest absolute Gasteiger partial charge is 0.239 e. The second kappa shape index (κ2) is 10.1. The van der Waals surface area contributed by atoms with Crippen LogP contribution in [0.2, 0.25) is 0 Å². The number of hydroxylamine groups is 3. The molecule has 1 amide bonds. The van der Waals surface area contributed by atoms with Gasteiger partial charge in [0, 0.05) is 23.1 Å². The van der Waals surface area contributed by atoms with Gasteiger partial charge in [0.2, 0.25) is 5.91 Å². The lowest BCUT2D eigenvalue weighted by molar-refractivity contribution is -1.03. The maximum absolute atomic E-state index is 13.9. The van der Waals surface area contributed by atoms with E-state index in [4.69, 9.17) is 16.3 Å². The van der Waals surface area contributed by atoms with Gasteiger partial charge < -0.3 is 22.0 Å². The summed E-state index contributed by atoms with van der Waals surface area (Å²) in [6.07, 6.45) is 9.24. The van der Waals surface area contributed by atoms with E-state index in [0.29, 0.717) is 49.0 Å². The number of amides is 1. The number of quaternary nitrogens is 1. The Morgan fingerprint density at radius 1 is 1.18 bits per heavy atom. The molecule has 1 N–H and O–H groups in total. The van der Waals surface area contributed by atoms with Crippen LogP contribution in [0.3, 0.4) is 0 Å². The van der Waals surface area contributed by atoms with Crippen molar-refractivity contribution in [1.29, 1.82) is 0 Å². The summed E-state index contributed by atoms with van der Waals surface area (Å²) in [7, 11) is 0. The van der Waals surface area contributed by atoms with Gasteiger partial charge in [-0.2, -0.15) is 0 Å². The molecular weight excluding hydrogens is 525 g/mol. The third-order valence-electron chi connectivity index (χ3n) is 8.90. The molecule has 0 aromatic rings. The standard InChI is InChI=1S/C29H35ClN3O4.ClH/c1-4-33(36)16-23-25-12-19-11-24(30)18(3)37-27(15-31-9-7-17(2)8-10-31)22(19)14-32(25)29(35)28(23)21-6-5-20(34)13-26(21)33;/h11-12,16-17,28,36H,4-10,13-15H2,1-3H3;1H/q+1;/p-1/t28?,33-;/m1./s1. The molecule has 5 aliphatic heterocycles. The van der Waals surface area contributed by atoms with Crippen LogP contribution in [-0.4, -0.2) is 64.1 Å². The Kier molecular flexibility index (Phi) is 7.29. The predicted molar refractivity (Wildman–Crippen MR) is 139 cm³/mol. The summed E-state index contributed by atoms with van der Waals surface area (Å²) in [5.74, 6) is 1.94. The molecule has 0 spiro atoms. The summed E-state index contributed by atoms with van der Waals surface area (Å²) in [6, 6.07) is 0. The molecular formula is C29H35Cl2N3O4. The zero-order valence-corrected chi connectivity index (χ0v) is 23.7. The maximum Gasteiger partial charge on any atom is 0.239 e. The van der Waals surface area contributed by atoms with Crippen molar-refractivity contribution in [3.8, 4) is 0 Å². The highest BCUT2D eigenvalue weighted by Gasteiger charge is 2.53. The molecule has 204 valence electrons. The zero-order chi connectivity index (χ0) is 26.1. The molecule has 2 atom stereocenters. The number of carbonyl (C=O) groups excluding carboxylic acids is 2. The topological polar surface area (TPSA) is 70.1 Å². The van der Waals surface area contributed by atoms with Gasteiger partial charge in [0.15, 0.2) is 5.70 Å². The Morgan fingerprint density at radius 3 is 2.63 bits per heavy atom. The van der Waals surface area contributed by atoms with Crippen LogP contribution in [0.1, 0.15) is 52.9 Å². The number of hydrogen-bond donors (Lipinski definition) is 1. The minimum absolute atomic E-state index is 0. The first kappa shape index (κ1) is 27.4.